The zero-order valence-corrected chi connectivity index (χ0v) is 14.1. The number of benzene rings is 2. The van der Waals surface area contributed by atoms with Gasteiger partial charge in [-0.3, -0.25) is 10.1 Å². The van der Waals surface area contributed by atoms with Crippen LogP contribution in [0.1, 0.15) is 18.1 Å². The summed E-state index contributed by atoms with van der Waals surface area (Å²) in [5.41, 5.74) is 3.13. The number of carbonyl (C=O) groups excluding carboxylic acids is 1. The number of hydrogen-bond donors (Lipinski definition) is 1. The molecule has 118 valence electrons. The monoisotopic (exact) mass is 324 g/mol. The number of aryl methyl sites for hydroxylation is 1. The van der Waals surface area contributed by atoms with Gasteiger partial charge in [0.1, 0.15) is 0 Å². The van der Waals surface area contributed by atoms with Crippen molar-refractivity contribution >= 4 is 35.0 Å². The van der Waals surface area contributed by atoms with Gasteiger partial charge in [0.25, 0.3) is 0 Å². The lowest BCUT2D eigenvalue weighted by Gasteiger charge is -2.23. The summed E-state index contributed by atoms with van der Waals surface area (Å²) in [5.74, 6) is -0.232. The van der Waals surface area contributed by atoms with Crippen LogP contribution in [0.25, 0.3) is 6.08 Å². The second-order valence-corrected chi connectivity index (χ2v) is 5.50. The summed E-state index contributed by atoms with van der Waals surface area (Å²) in [6.45, 7) is 4.71. The van der Waals surface area contributed by atoms with Gasteiger partial charge in [-0.25, -0.2) is 0 Å². The molecule has 23 heavy (non-hydrogen) atoms. The Balaban J connectivity index is 1.98. The Bertz CT molecular complexity index is 693. The molecule has 0 aromatic heterocycles. The SMILES string of the molecule is CCN(C(=S)NC(=O)/C=C/c1ccc(C)cc1)c1ccccc1. The van der Waals surface area contributed by atoms with Gasteiger partial charge in [0.05, 0.1) is 0 Å². The van der Waals surface area contributed by atoms with Crippen molar-refractivity contribution in [3.8, 4) is 0 Å². The average Bonchev–Trinajstić information content (AvgIpc) is 2.56. The second kappa shape index (κ2) is 8.25. The van der Waals surface area contributed by atoms with Crippen molar-refractivity contribution in [3.05, 3.63) is 71.8 Å². The molecule has 0 saturated heterocycles. The highest BCUT2D eigenvalue weighted by Gasteiger charge is 2.11. The molecular weight excluding hydrogens is 304 g/mol. The molecule has 2 rings (SSSR count). The van der Waals surface area contributed by atoms with E-state index in [1.165, 1.54) is 11.6 Å². The second-order valence-electron chi connectivity index (χ2n) is 5.12. The number of anilines is 1. The third-order valence-corrected chi connectivity index (χ3v) is 3.69. The Morgan fingerprint density at radius 1 is 1.13 bits per heavy atom. The van der Waals surface area contributed by atoms with Crippen LogP contribution in [0.3, 0.4) is 0 Å². The Kier molecular flexibility index (Phi) is 6.06. The van der Waals surface area contributed by atoms with Gasteiger partial charge >= 0.3 is 0 Å². The molecule has 0 aliphatic carbocycles. The van der Waals surface area contributed by atoms with Gasteiger partial charge < -0.3 is 4.90 Å². The van der Waals surface area contributed by atoms with E-state index in [0.717, 1.165) is 11.3 Å². The fourth-order valence-electron chi connectivity index (χ4n) is 2.12. The Morgan fingerprint density at radius 2 is 1.78 bits per heavy atom. The van der Waals surface area contributed by atoms with Gasteiger partial charge in [-0.2, -0.15) is 0 Å². The number of rotatable bonds is 4. The van der Waals surface area contributed by atoms with Gasteiger partial charge in [0.15, 0.2) is 5.11 Å². The average molecular weight is 324 g/mol. The van der Waals surface area contributed by atoms with Crippen molar-refractivity contribution in [2.75, 3.05) is 11.4 Å². The standard InChI is InChI=1S/C19H20N2OS/c1-3-21(17-7-5-4-6-8-17)19(23)20-18(22)14-13-16-11-9-15(2)10-12-16/h4-14H,3H2,1-2H3,(H,20,22,23)/b14-13+. The molecule has 0 unspecified atom stereocenters. The van der Waals surface area contributed by atoms with Crippen LogP contribution in [0.5, 0.6) is 0 Å². The van der Waals surface area contributed by atoms with E-state index in [9.17, 15) is 4.79 Å². The Hall–Kier alpha value is -2.46. The quantitative estimate of drug-likeness (QED) is 0.683. The minimum Gasteiger partial charge on any atom is -0.319 e. The van der Waals surface area contributed by atoms with Crippen LogP contribution < -0.4 is 10.2 Å². The van der Waals surface area contributed by atoms with E-state index in [1.807, 2.05) is 73.3 Å². The number of thiocarbonyl (C=S) groups is 1. The molecule has 0 saturated carbocycles. The van der Waals surface area contributed by atoms with Gasteiger partial charge in [0.2, 0.25) is 5.91 Å². The molecule has 0 aliphatic rings. The highest BCUT2D eigenvalue weighted by Crippen LogP contribution is 2.13. The topological polar surface area (TPSA) is 32.3 Å². The fourth-order valence-corrected chi connectivity index (χ4v) is 2.45. The van der Waals surface area contributed by atoms with Gasteiger partial charge in [-0.15, -0.1) is 0 Å². The van der Waals surface area contributed by atoms with Crippen molar-refractivity contribution in [2.24, 2.45) is 0 Å². The zero-order chi connectivity index (χ0) is 16.7. The maximum Gasteiger partial charge on any atom is 0.250 e. The first-order chi connectivity index (χ1) is 11.1. The van der Waals surface area contributed by atoms with Crippen LogP contribution in [0.15, 0.2) is 60.7 Å². The van der Waals surface area contributed by atoms with Crippen molar-refractivity contribution in [1.82, 2.24) is 5.32 Å². The molecule has 0 fully saturated rings. The zero-order valence-electron chi connectivity index (χ0n) is 13.3. The van der Waals surface area contributed by atoms with Crippen molar-refractivity contribution in [2.45, 2.75) is 13.8 Å². The van der Waals surface area contributed by atoms with E-state index in [2.05, 4.69) is 5.32 Å². The number of hydrogen-bond acceptors (Lipinski definition) is 2. The summed E-state index contributed by atoms with van der Waals surface area (Å²) in [5, 5.41) is 3.14. The number of carbonyl (C=O) groups is 1. The van der Waals surface area contributed by atoms with E-state index in [0.29, 0.717) is 11.7 Å². The normalized spacial score (nSPS) is 10.5. The minimum atomic E-state index is -0.232. The van der Waals surface area contributed by atoms with E-state index < -0.39 is 0 Å². The summed E-state index contributed by atoms with van der Waals surface area (Å²) in [6.07, 6.45) is 3.27. The molecule has 1 N–H and O–H groups in total. The van der Waals surface area contributed by atoms with Crippen LogP contribution in [-0.2, 0) is 4.79 Å². The first-order valence-corrected chi connectivity index (χ1v) is 7.93. The molecule has 0 bridgehead atoms. The maximum atomic E-state index is 12.0. The van der Waals surface area contributed by atoms with Crippen molar-refractivity contribution < 1.29 is 4.79 Å². The highest BCUT2D eigenvalue weighted by molar-refractivity contribution is 7.80. The lowest BCUT2D eigenvalue weighted by molar-refractivity contribution is -0.115. The maximum absolute atomic E-state index is 12.0. The Labute approximate surface area is 142 Å². The molecule has 1 amide bonds. The third-order valence-electron chi connectivity index (χ3n) is 3.36. The van der Waals surface area contributed by atoms with E-state index in [1.54, 1.807) is 6.08 Å². The third kappa shape index (κ3) is 5.04. The molecular formula is C19H20N2OS. The van der Waals surface area contributed by atoms with E-state index in [4.69, 9.17) is 12.2 Å². The highest BCUT2D eigenvalue weighted by atomic mass is 32.1. The molecule has 2 aromatic carbocycles. The summed E-state index contributed by atoms with van der Waals surface area (Å²) >= 11 is 5.34. The first-order valence-electron chi connectivity index (χ1n) is 7.52. The van der Waals surface area contributed by atoms with E-state index >= 15 is 0 Å². The Morgan fingerprint density at radius 3 is 2.39 bits per heavy atom. The summed E-state index contributed by atoms with van der Waals surface area (Å²) in [7, 11) is 0. The van der Waals surface area contributed by atoms with Crippen molar-refractivity contribution in [1.29, 1.82) is 0 Å². The summed E-state index contributed by atoms with van der Waals surface area (Å²) in [4.78, 5) is 13.9. The number of nitrogens with zero attached hydrogens (tertiary/aromatic N) is 1. The van der Waals surface area contributed by atoms with Crippen LogP contribution in [0.2, 0.25) is 0 Å². The molecule has 3 nitrogen and oxygen atoms in total. The number of amides is 1. The lowest BCUT2D eigenvalue weighted by atomic mass is 10.1. The molecule has 0 atom stereocenters. The molecule has 2 aromatic rings. The lowest BCUT2D eigenvalue weighted by Crippen LogP contribution is -2.42. The van der Waals surface area contributed by atoms with Crippen LogP contribution in [0, 0.1) is 6.92 Å². The van der Waals surface area contributed by atoms with Gasteiger partial charge in [-0.05, 0) is 49.8 Å². The number of nitrogens with one attached hydrogen (secondary N) is 1. The molecule has 0 spiro atoms. The van der Waals surface area contributed by atoms with Crippen LogP contribution in [-0.4, -0.2) is 17.6 Å². The molecule has 0 radical (unpaired) electrons. The largest absolute Gasteiger partial charge is 0.319 e. The summed E-state index contributed by atoms with van der Waals surface area (Å²) in [6, 6.07) is 17.7. The van der Waals surface area contributed by atoms with E-state index in [-0.39, 0.29) is 5.91 Å². The predicted molar refractivity (Wildman–Crippen MR) is 100 cm³/mol. The van der Waals surface area contributed by atoms with Crippen LogP contribution >= 0.6 is 12.2 Å². The fraction of sp³-hybridized carbons (Fsp3) is 0.158. The van der Waals surface area contributed by atoms with Gasteiger partial charge in [-0.1, -0.05) is 48.0 Å². The minimum absolute atomic E-state index is 0.232. The van der Waals surface area contributed by atoms with Crippen LogP contribution in [0.4, 0.5) is 5.69 Å². The predicted octanol–water partition coefficient (Wildman–Crippen LogP) is 3.94. The van der Waals surface area contributed by atoms with Gasteiger partial charge in [0, 0.05) is 18.3 Å². The first kappa shape index (κ1) is 16.9. The molecule has 0 heterocycles. The molecule has 0 aliphatic heterocycles. The number of para-hydroxylation sites is 1. The smallest absolute Gasteiger partial charge is 0.250 e. The summed E-state index contributed by atoms with van der Waals surface area (Å²) < 4.78 is 0. The van der Waals surface area contributed by atoms with Crippen molar-refractivity contribution in [3.63, 3.8) is 0 Å². The molecule has 4 heteroatoms.